The lowest BCUT2D eigenvalue weighted by Gasteiger charge is -2.04. The number of H-pyrrole nitrogens is 1. The van der Waals surface area contributed by atoms with Gasteiger partial charge in [-0.25, -0.2) is 4.98 Å². The molecule has 2 heterocycles. The lowest BCUT2D eigenvalue weighted by molar-refractivity contribution is -0.119. The van der Waals surface area contributed by atoms with Crippen molar-refractivity contribution in [3.05, 3.63) is 36.0 Å². The molecule has 2 aromatic heterocycles. The zero-order chi connectivity index (χ0) is 14.1. The van der Waals surface area contributed by atoms with Crippen LogP contribution in [0.3, 0.4) is 0 Å². The molecule has 0 atom stereocenters. The number of fused-ring (bicyclic) bond motifs is 1. The third-order valence-corrected chi connectivity index (χ3v) is 3.15. The molecule has 6 nitrogen and oxygen atoms in total. The summed E-state index contributed by atoms with van der Waals surface area (Å²) >= 11 is 0. The minimum atomic E-state index is -0.0966. The van der Waals surface area contributed by atoms with Crippen LogP contribution in [0.2, 0.25) is 0 Å². The standard InChI is InChI=1S/C14H14N4O2/c1-8-14(13(18-20-8)6-15-9(2)19)10-3-4-11-12(5-10)17-7-16-11/h3-5,7H,6H2,1-2H3,(H,15,19)(H,16,17). The van der Waals surface area contributed by atoms with E-state index < -0.39 is 0 Å². The van der Waals surface area contributed by atoms with Gasteiger partial charge in [0.15, 0.2) is 0 Å². The number of hydrogen-bond donors (Lipinski definition) is 2. The van der Waals surface area contributed by atoms with Gasteiger partial charge in [-0.1, -0.05) is 11.2 Å². The highest BCUT2D eigenvalue weighted by Crippen LogP contribution is 2.29. The van der Waals surface area contributed by atoms with Gasteiger partial charge in [0, 0.05) is 12.5 Å². The minimum Gasteiger partial charge on any atom is -0.361 e. The van der Waals surface area contributed by atoms with Crippen molar-refractivity contribution in [3.8, 4) is 11.1 Å². The maximum absolute atomic E-state index is 11.0. The summed E-state index contributed by atoms with van der Waals surface area (Å²) in [5.74, 6) is 0.629. The van der Waals surface area contributed by atoms with Crippen LogP contribution in [0.15, 0.2) is 29.0 Å². The largest absolute Gasteiger partial charge is 0.361 e. The van der Waals surface area contributed by atoms with E-state index in [2.05, 4.69) is 20.4 Å². The molecule has 0 aliphatic carbocycles. The zero-order valence-corrected chi connectivity index (χ0v) is 11.2. The Bertz CT molecular complexity index is 772. The van der Waals surface area contributed by atoms with Crippen molar-refractivity contribution in [2.24, 2.45) is 0 Å². The van der Waals surface area contributed by atoms with Crippen LogP contribution in [-0.4, -0.2) is 21.0 Å². The number of nitrogens with zero attached hydrogens (tertiary/aromatic N) is 2. The van der Waals surface area contributed by atoms with E-state index in [0.717, 1.165) is 33.6 Å². The smallest absolute Gasteiger partial charge is 0.217 e. The van der Waals surface area contributed by atoms with Crippen LogP contribution in [-0.2, 0) is 11.3 Å². The summed E-state index contributed by atoms with van der Waals surface area (Å²) in [5, 5.41) is 6.75. The quantitative estimate of drug-likeness (QED) is 0.764. The van der Waals surface area contributed by atoms with E-state index in [-0.39, 0.29) is 5.91 Å². The number of aromatic nitrogens is 3. The summed E-state index contributed by atoms with van der Waals surface area (Å²) in [4.78, 5) is 18.3. The van der Waals surface area contributed by atoms with Gasteiger partial charge in [-0.2, -0.15) is 0 Å². The molecule has 20 heavy (non-hydrogen) atoms. The summed E-state index contributed by atoms with van der Waals surface area (Å²) in [6, 6.07) is 5.91. The third kappa shape index (κ3) is 2.16. The van der Waals surface area contributed by atoms with Crippen LogP contribution in [0.25, 0.3) is 22.2 Å². The van der Waals surface area contributed by atoms with Crippen LogP contribution < -0.4 is 5.32 Å². The number of hydrogen-bond acceptors (Lipinski definition) is 4. The number of amides is 1. The average Bonchev–Trinajstić information content (AvgIpc) is 3.01. The molecule has 3 rings (SSSR count). The summed E-state index contributed by atoms with van der Waals surface area (Å²) in [5.41, 5.74) is 4.48. The molecule has 0 radical (unpaired) electrons. The molecule has 0 bridgehead atoms. The Morgan fingerprint density at radius 3 is 3.10 bits per heavy atom. The van der Waals surface area contributed by atoms with Gasteiger partial charge in [0.1, 0.15) is 11.5 Å². The molecule has 0 fully saturated rings. The predicted octanol–water partition coefficient (Wildman–Crippen LogP) is 2.16. The lowest BCUT2D eigenvalue weighted by Crippen LogP contribution is -2.19. The maximum atomic E-state index is 11.0. The molecule has 6 heteroatoms. The lowest BCUT2D eigenvalue weighted by atomic mass is 10.0. The summed E-state index contributed by atoms with van der Waals surface area (Å²) in [6.07, 6.45) is 1.66. The molecule has 0 saturated carbocycles. The molecular weight excluding hydrogens is 256 g/mol. The monoisotopic (exact) mass is 270 g/mol. The first-order chi connectivity index (χ1) is 9.65. The second-order valence-electron chi connectivity index (χ2n) is 4.60. The van der Waals surface area contributed by atoms with Gasteiger partial charge in [0.05, 0.1) is 23.9 Å². The van der Waals surface area contributed by atoms with Crippen molar-refractivity contribution in [1.82, 2.24) is 20.4 Å². The Morgan fingerprint density at radius 2 is 2.30 bits per heavy atom. The number of benzene rings is 1. The van der Waals surface area contributed by atoms with Crippen molar-refractivity contribution in [2.75, 3.05) is 0 Å². The molecule has 1 aromatic carbocycles. The summed E-state index contributed by atoms with van der Waals surface area (Å²) in [7, 11) is 0. The van der Waals surface area contributed by atoms with Gasteiger partial charge >= 0.3 is 0 Å². The predicted molar refractivity (Wildman–Crippen MR) is 73.8 cm³/mol. The van der Waals surface area contributed by atoms with Crippen LogP contribution in [0.4, 0.5) is 0 Å². The topological polar surface area (TPSA) is 83.8 Å². The van der Waals surface area contributed by atoms with E-state index in [1.165, 1.54) is 6.92 Å². The van der Waals surface area contributed by atoms with Gasteiger partial charge < -0.3 is 14.8 Å². The summed E-state index contributed by atoms with van der Waals surface area (Å²) < 4.78 is 5.25. The number of aromatic amines is 1. The Labute approximate surface area is 115 Å². The third-order valence-electron chi connectivity index (χ3n) is 3.15. The highest BCUT2D eigenvalue weighted by atomic mass is 16.5. The van der Waals surface area contributed by atoms with Crippen molar-refractivity contribution >= 4 is 16.9 Å². The number of imidazole rings is 1. The van der Waals surface area contributed by atoms with Crippen LogP contribution in [0.1, 0.15) is 18.4 Å². The van der Waals surface area contributed by atoms with Crippen LogP contribution >= 0.6 is 0 Å². The van der Waals surface area contributed by atoms with Crippen molar-refractivity contribution in [3.63, 3.8) is 0 Å². The van der Waals surface area contributed by atoms with Gasteiger partial charge in [-0.3, -0.25) is 4.79 Å². The van der Waals surface area contributed by atoms with Gasteiger partial charge in [-0.05, 0) is 24.6 Å². The molecule has 102 valence electrons. The normalized spacial score (nSPS) is 10.9. The first kappa shape index (κ1) is 12.4. The molecule has 1 amide bonds. The molecular formula is C14H14N4O2. The molecule has 2 N–H and O–H groups in total. The van der Waals surface area contributed by atoms with Crippen molar-refractivity contribution in [1.29, 1.82) is 0 Å². The fraction of sp³-hybridized carbons (Fsp3) is 0.214. The van der Waals surface area contributed by atoms with E-state index in [1.807, 2.05) is 25.1 Å². The SMILES string of the molecule is CC(=O)NCc1noc(C)c1-c1ccc2nc[nH]c2c1. The van der Waals surface area contributed by atoms with E-state index >= 15 is 0 Å². The average molecular weight is 270 g/mol. The number of carbonyl (C=O) groups excluding carboxylic acids is 1. The Balaban J connectivity index is 2.03. The zero-order valence-electron chi connectivity index (χ0n) is 11.2. The Morgan fingerprint density at radius 1 is 1.45 bits per heavy atom. The van der Waals surface area contributed by atoms with Gasteiger partial charge in [-0.15, -0.1) is 0 Å². The molecule has 3 aromatic rings. The van der Waals surface area contributed by atoms with Crippen molar-refractivity contribution < 1.29 is 9.32 Å². The van der Waals surface area contributed by atoms with E-state index in [1.54, 1.807) is 6.33 Å². The molecule has 0 spiro atoms. The van der Waals surface area contributed by atoms with Crippen LogP contribution in [0, 0.1) is 6.92 Å². The molecule has 0 aliphatic rings. The van der Waals surface area contributed by atoms with Gasteiger partial charge in [0.25, 0.3) is 0 Å². The maximum Gasteiger partial charge on any atom is 0.217 e. The second kappa shape index (κ2) is 4.80. The van der Waals surface area contributed by atoms with E-state index in [4.69, 9.17) is 4.52 Å². The molecule has 0 saturated heterocycles. The fourth-order valence-electron chi connectivity index (χ4n) is 2.21. The molecule has 0 unspecified atom stereocenters. The first-order valence-corrected chi connectivity index (χ1v) is 6.28. The number of nitrogens with one attached hydrogen (secondary N) is 2. The Kier molecular flexibility index (Phi) is 2.98. The van der Waals surface area contributed by atoms with Gasteiger partial charge in [0.2, 0.25) is 5.91 Å². The second-order valence-corrected chi connectivity index (χ2v) is 4.60. The number of carbonyl (C=O) groups is 1. The first-order valence-electron chi connectivity index (χ1n) is 6.28. The van der Waals surface area contributed by atoms with E-state index in [0.29, 0.717) is 6.54 Å². The van der Waals surface area contributed by atoms with Crippen LogP contribution in [0.5, 0.6) is 0 Å². The van der Waals surface area contributed by atoms with Crippen molar-refractivity contribution in [2.45, 2.75) is 20.4 Å². The highest BCUT2D eigenvalue weighted by Gasteiger charge is 2.15. The number of aryl methyl sites for hydroxylation is 1. The van der Waals surface area contributed by atoms with E-state index in [9.17, 15) is 4.79 Å². The summed E-state index contributed by atoms with van der Waals surface area (Å²) in [6.45, 7) is 3.68. The number of rotatable bonds is 3. The minimum absolute atomic E-state index is 0.0966. The highest BCUT2D eigenvalue weighted by molar-refractivity contribution is 5.82. The fourth-order valence-corrected chi connectivity index (χ4v) is 2.21. The molecule has 0 aliphatic heterocycles. The Hall–Kier alpha value is -2.63.